The zero-order chi connectivity index (χ0) is 17.7. The van der Waals surface area contributed by atoms with Crippen LogP contribution in [0.4, 0.5) is 0 Å². The Morgan fingerprint density at radius 3 is 2.64 bits per heavy atom. The number of nitrogens with one attached hydrogen (secondary N) is 2. The third-order valence-corrected chi connectivity index (χ3v) is 5.31. The average molecular weight is 348 g/mol. The lowest BCUT2D eigenvalue weighted by Crippen LogP contribution is -2.54. The van der Waals surface area contributed by atoms with E-state index in [0.29, 0.717) is 6.54 Å². The maximum atomic E-state index is 4.73. The largest absolute Gasteiger partial charge is 0.357 e. The Morgan fingerprint density at radius 1 is 1.08 bits per heavy atom. The molecule has 1 aromatic heterocycles. The fourth-order valence-corrected chi connectivity index (χ4v) is 3.73. The lowest BCUT2D eigenvalue weighted by atomic mass is 9.98. The van der Waals surface area contributed by atoms with Crippen molar-refractivity contribution in [1.82, 2.24) is 30.3 Å². The smallest absolute Gasteiger partial charge is 0.191 e. The first kappa shape index (κ1) is 18.2. The Labute approximate surface area is 151 Å². The van der Waals surface area contributed by atoms with Gasteiger partial charge in [0.25, 0.3) is 0 Å². The number of likely N-dealkylation sites (tertiary alicyclic amines) is 1. The van der Waals surface area contributed by atoms with Crippen LogP contribution in [0.2, 0.25) is 0 Å². The Hall–Kier alpha value is -1.63. The van der Waals surface area contributed by atoms with E-state index in [1.165, 1.54) is 38.8 Å². The summed E-state index contributed by atoms with van der Waals surface area (Å²) in [7, 11) is 0. The van der Waals surface area contributed by atoms with E-state index in [2.05, 4.69) is 51.1 Å². The summed E-state index contributed by atoms with van der Waals surface area (Å²) < 4.78 is 2.21. The van der Waals surface area contributed by atoms with Crippen molar-refractivity contribution in [3.63, 3.8) is 0 Å². The minimum Gasteiger partial charge on any atom is -0.357 e. The van der Waals surface area contributed by atoms with Crippen molar-refractivity contribution in [2.24, 2.45) is 4.99 Å². The fourth-order valence-electron chi connectivity index (χ4n) is 3.73. The number of nitrogens with zero attached hydrogens (tertiary/aromatic N) is 5. The summed E-state index contributed by atoms with van der Waals surface area (Å²) in [5.41, 5.74) is 0.132. The molecule has 0 atom stereocenters. The molecule has 0 saturated carbocycles. The molecular formula is C18H33N7. The van der Waals surface area contributed by atoms with Gasteiger partial charge in [-0.1, -0.05) is 6.42 Å². The molecule has 140 valence electrons. The monoisotopic (exact) mass is 347 g/mol. The van der Waals surface area contributed by atoms with Crippen molar-refractivity contribution in [1.29, 1.82) is 0 Å². The molecule has 2 N–H and O–H groups in total. The molecule has 1 saturated heterocycles. The number of hydrogen-bond acceptors (Lipinski definition) is 4. The number of fused-ring (bicyclic) bond motifs is 1. The third kappa shape index (κ3) is 4.51. The van der Waals surface area contributed by atoms with Gasteiger partial charge >= 0.3 is 0 Å². The Balaban J connectivity index is 1.58. The quantitative estimate of drug-likeness (QED) is 0.603. The van der Waals surface area contributed by atoms with E-state index in [-0.39, 0.29) is 5.54 Å². The molecule has 7 nitrogen and oxygen atoms in total. The number of guanidine groups is 1. The molecule has 0 radical (unpaired) electrons. The molecule has 0 unspecified atom stereocenters. The topological polar surface area (TPSA) is 70.4 Å². The van der Waals surface area contributed by atoms with E-state index in [9.17, 15) is 0 Å². The molecule has 2 aliphatic heterocycles. The molecule has 3 rings (SSSR count). The maximum Gasteiger partial charge on any atom is 0.191 e. The van der Waals surface area contributed by atoms with Crippen molar-refractivity contribution in [2.45, 2.75) is 71.5 Å². The van der Waals surface area contributed by atoms with Crippen molar-refractivity contribution in [3.8, 4) is 0 Å². The molecule has 1 fully saturated rings. The van der Waals surface area contributed by atoms with Crippen molar-refractivity contribution < 1.29 is 0 Å². The summed E-state index contributed by atoms with van der Waals surface area (Å²) >= 11 is 0. The van der Waals surface area contributed by atoms with Gasteiger partial charge in [-0.3, -0.25) is 4.90 Å². The van der Waals surface area contributed by atoms with E-state index in [4.69, 9.17) is 4.99 Å². The molecule has 0 amide bonds. The normalized spacial score (nSPS) is 19.1. The summed E-state index contributed by atoms with van der Waals surface area (Å²) in [6, 6.07) is 0. The van der Waals surface area contributed by atoms with Crippen LogP contribution in [0, 0.1) is 0 Å². The summed E-state index contributed by atoms with van der Waals surface area (Å²) in [5.74, 6) is 2.94. The van der Waals surface area contributed by atoms with E-state index in [1.807, 2.05) is 0 Å². The summed E-state index contributed by atoms with van der Waals surface area (Å²) in [5, 5.41) is 15.4. The second-order valence-corrected chi connectivity index (χ2v) is 7.70. The average Bonchev–Trinajstić information content (AvgIpc) is 3.22. The second kappa shape index (κ2) is 8.17. The highest BCUT2D eigenvalue weighted by molar-refractivity contribution is 5.79. The van der Waals surface area contributed by atoms with Gasteiger partial charge in [0.2, 0.25) is 0 Å². The highest BCUT2D eigenvalue weighted by Crippen LogP contribution is 2.19. The van der Waals surface area contributed by atoms with Gasteiger partial charge in [-0.2, -0.15) is 0 Å². The SMILES string of the molecule is CCNC(=NCc1nnc2n1CCC2)NCC(C)(C)N1CCCCC1. The number of hydrogen-bond donors (Lipinski definition) is 2. The van der Waals surface area contributed by atoms with Crippen LogP contribution < -0.4 is 10.6 Å². The first-order valence-electron chi connectivity index (χ1n) is 9.78. The van der Waals surface area contributed by atoms with Crippen LogP contribution in [0.3, 0.4) is 0 Å². The number of aryl methyl sites for hydroxylation is 1. The fraction of sp³-hybridized carbons (Fsp3) is 0.833. The zero-order valence-electron chi connectivity index (χ0n) is 16.0. The van der Waals surface area contributed by atoms with Gasteiger partial charge in [-0.25, -0.2) is 4.99 Å². The number of piperidine rings is 1. The van der Waals surface area contributed by atoms with Crippen molar-refractivity contribution >= 4 is 5.96 Å². The molecule has 0 aliphatic carbocycles. The van der Waals surface area contributed by atoms with Crippen LogP contribution in [0.1, 0.15) is 58.1 Å². The minimum atomic E-state index is 0.132. The summed E-state index contributed by atoms with van der Waals surface area (Å²) in [4.78, 5) is 7.33. The van der Waals surface area contributed by atoms with Gasteiger partial charge in [-0.05, 0) is 53.1 Å². The lowest BCUT2D eigenvalue weighted by Gasteiger charge is -2.41. The standard InChI is InChI=1S/C18H33N7/c1-4-19-17(20-13-16-23-22-15-9-8-12-25(15)16)21-14-18(2,3)24-10-6-5-7-11-24/h4-14H2,1-3H3,(H2,19,20,21). The summed E-state index contributed by atoms with van der Waals surface area (Å²) in [6.45, 7) is 12.5. The maximum absolute atomic E-state index is 4.73. The third-order valence-electron chi connectivity index (χ3n) is 5.31. The second-order valence-electron chi connectivity index (χ2n) is 7.70. The molecule has 3 heterocycles. The van der Waals surface area contributed by atoms with Crippen LogP contribution in [-0.4, -0.2) is 57.3 Å². The van der Waals surface area contributed by atoms with Crippen LogP contribution in [-0.2, 0) is 19.5 Å². The Kier molecular flexibility index (Phi) is 5.93. The minimum absolute atomic E-state index is 0.132. The number of rotatable bonds is 6. The highest BCUT2D eigenvalue weighted by atomic mass is 15.3. The predicted octanol–water partition coefficient (Wildman–Crippen LogP) is 1.54. The van der Waals surface area contributed by atoms with Crippen LogP contribution in [0.25, 0.3) is 0 Å². The molecule has 1 aromatic rings. The van der Waals surface area contributed by atoms with Gasteiger partial charge in [0.1, 0.15) is 12.4 Å². The van der Waals surface area contributed by atoms with Crippen LogP contribution >= 0.6 is 0 Å². The van der Waals surface area contributed by atoms with E-state index in [0.717, 1.165) is 43.7 Å². The predicted molar refractivity (Wildman–Crippen MR) is 101 cm³/mol. The first-order valence-corrected chi connectivity index (χ1v) is 9.78. The molecule has 2 aliphatic rings. The molecule has 7 heteroatoms. The molecule has 0 aromatic carbocycles. The first-order chi connectivity index (χ1) is 12.1. The van der Waals surface area contributed by atoms with Gasteiger partial charge in [0.05, 0.1) is 0 Å². The molecular weight excluding hydrogens is 314 g/mol. The van der Waals surface area contributed by atoms with Crippen LogP contribution in [0.15, 0.2) is 4.99 Å². The van der Waals surface area contributed by atoms with Crippen molar-refractivity contribution in [2.75, 3.05) is 26.2 Å². The van der Waals surface area contributed by atoms with Gasteiger partial charge in [-0.15, -0.1) is 10.2 Å². The van der Waals surface area contributed by atoms with E-state index >= 15 is 0 Å². The lowest BCUT2D eigenvalue weighted by molar-refractivity contribution is 0.0982. The van der Waals surface area contributed by atoms with Crippen LogP contribution in [0.5, 0.6) is 0 Å². The van der Waals surface area contributed by atoms with E-state index < -0.39 is 0 Å². The molecule has 0 bridgehead atoms. The van der Waals surface area contributed by atoms with Gasteiger partial charge in [0.15, 0.2) is 11.8 Å². The van der Waals surface area contributed by atoms with Gasteiger partial charge < -0.3 is 15.2 Å². The van der Waals surface area contributed by atoms with Gasteiger partial charge in [0, 0.05) is 31.6 Å². The summed E-state index contributed by atoms with van der Waals surface area (Å²) in [6.07, 6.45) is 6.21. The molecule has 0 spiro atoms. The van der Waals surface area contributed by atoms with E-state index in [1.54, 1.807) is 0 Å². The Morgan fingerprint density at radius 2 is 1.88 bits per heavy atom. The Bertz CT molecular complexity index is 584. The zero-order valence-corrected chi connectivity index (χ0v) is 16.0. The van der Waals surface area contributed by atoms with Crippen molar-refractivity contribution in [3.05, 3.63) is 11.6 Å². The molecule has 25 heavy (non-hydrogen) atoms. The number of aromatic nitrogens is 3. The number of aliphatic imine (C=N–C) groups is 1. The highest BCUT2D eigenvalue weighted by Gasteiger charge is 2.28.